The second-order valence-corrected chi connectivity index (χ2v) is 7.14. The molecule has 0 unspecified atom stereocenters. The SMILES string of the molecule is Brc1c(-c2ccc3ccccc3c2)c2ccccc2c2ccccc12. The molecule has 0 fully saturated rings. The number of halogens is 1. The van der Waals surface area contributed by atoms with Gasteiger partial charge in [-0.1, -0.05) is 84.9 Å². The Bertz CT molecular complexity index is 1250. The van der Waals surface area contributed by atoms with Gasteiger partial charge in [-0.3, -0.25) is 0 Å². The van der Waals surface area contributed by atoms with Crippen molar-refractivity contribution in [2.45, 2.75) is 0 Å². The topological polar surface area (TPSA) is 0 Å². The summed E-state index contributed by atoms with van der Waals surface area (Å²) in [6.07, 6.45) is 0. The van der Waals surface area contributed by atoms with E-state index in [0.29, 0.717) is 0 Å². The van der Waals surface area contributed by atoms with Gasteiger partial charge in [-0.25, -0.2) is 0 Å². The highest BCUT2D eigenvalue weighted by Gasteiger charge is 2.14. The summed E-state index contributed by atoms with van der Waals surface area (Å²) in [5, 5.41) is 7.66. The molecule has 5 aromatic carbocycles. The molecule has 0 radical (unpaired) electrons. The highest BCUT2D eigenvalue weighted by atomic mass is 79.9. The quantitative estimate of drug-likeness (QED) is 0.262. The third-order valence-electron chi connectivity index (χ3n) is 4.91. The molecule has 0 spiro atoms. The zero-order valence-electron chi connectivity index (χ0n) is 13.5. The van der Waals surface area contributed by atoms with Gasteiger partial charge in [0.15, 0.2) is 0 Å². The molecule has 118 valence electrons. The van der Waals surface area contributed by atoms with E-state index in [1.807, 2.05) is 0 Å². The first-order valence-electron chi connectivity index (χ1n) is 8.41. The van der Waals surface area contributed by atoms with Crippen LogP contribution in [-0.2, 0) is 0 Å². The number of benzene rings is 5. The fraction of sp³-hybridized carbons (Fsp3) is 0. The summed E-state index contributed by atoms with van der Waals surface area (Å²) in [4.78, 5) is 0. The summed E-state index contributed by atoms with van der Waals surface area (Å²) in [6, 6.07) is 32.5. The highest BCUT2D eigenvalue weighted by Crippen LogP contribution is 2.42. The lowest BCUT2D eigenvalue weighted by atomic mass is 9.92. The van der Waals surface area contributed by atoms with Crippen LogP contribution in [0.5, 0.6) is 0 Å². The molecule has 0 aliphatic heterocycles. The van der Waals surface area contributed by atoms with Gasteiger partial charge < -0.3 is 0 Å². The zero-order valence-corrected chi connectivity index (χ0v) is 15.1. The fourth-order valence-corrected chi connectivity index (χ4v) is 4.51. The number of hydrogen-bond donors (Lipinski definition) is 0. The van der Waals surface area contributed by atoms with Gasteiger partial charge in [0.25, 0.3) is 0 Å². The van der Waals surface area contributed by atoms with Crippen molar-refractivity contribution in [1.82, 2.24) is 0 Å². The van der Waals surface area contributed by atoms with E-state index >= 15 is 0 Å². The highest BCUT2D eigenvalue weighted by molar-refractivity contribution is 9.10. The minimum absolute atomic E-state index is 1.16. The zero-order chi connectivity index (χ0) is 16.8. The van der Waals surface area contributed by atoms with Gasteiger partial charge in [0, 0.05) is 10.0 Å². The Morgan fingerprint density at radius 1 is 0.480 bits per heavy atom. The van der Waals surface area contributed by atoms with Crippen LogP contribution >= 0.6 is 15.9 Å². The summed E-state index contributed by atoms with van der Waals surface area (Å²) in [5.41, 5.74) is 2.51. The van der Waals surface area contributed by atoms with Gasteiger partial charge >= 0.3 is 0 Å². The summed E-state index contributed by atoms with van der Waals surface area (Å²) in [5.74, 6) is 0. The van der Waals surface area contributed by atoms with Crippen molar-refractivity contribution in [3.8, 4) is 11.1 Å². The van der Waals surface area contributed by atoms with E-state index in [9.17, 15) is 0 Å². The van der Waals surface area contributed by atoms with Crippen LogP contribution < -0.4 is 0 Å². The molecule has 0 nitrogen and oxygen atoms in total. The minimum Gasteiger partial charge on any atom is -0.0616 e. The molecular formula is C24H15Br. The Hall–Kier alpha value is -2.64. The second-order valence-electron chi connectivity index (χ2n) is 6.34. The van der Waals surface area contributed by atoms with E-state index in [1.165, 1.54) is 43.4 Å². The van der Waals surface area contributed by atoms with Crippen molar-refractivity contribution in [2.24, 2.45) is 0 Å². The smallest absolute Gasteiger partial charge is 0.0338 e. The maximum absolute atomic E-state index is 3.90. The third kappa shape index (κ3) is 2.27. The van der Waals surface area contributed by atoms with E-state index < -0.39 is 0 Å². The van der Waals surface area contributed by atoms with Gasteiger partial charge in [-0.05, 0) is 59.9 Å². The van der Waals surface area contributed by atoms with Crippen molar-refractivity contribution in [3.05, 3.63) is 95.5 Å². The molecule has 0 bridgehead atoms. The molecular weight excluding hydrogens is 368 g/mol. The van der Waals surface area contributed by atoms with Crippen LogP contribution in [0.3, 0.4) is 0 Å². The van der Waals surface area contributed by atoms with E-state index in [1.54, 1.807) is 0 Å². The molecule has 0 saturated carbocycles. The molecule has 0 aromatic heterocycles. The van der Waals surface area contributed by atoms with Crippen molar-refractivity contribution < 1.29 is 0 Å². The van der Waals surface area contributed by atoms with E-state index in [4.69, 9.17) is 0 Å². The van der Waals surface area contributed by atoms with Crippen LogP contribution in [0.25, 0.3) is 43.4 Å². The van der Waals surface area contributed by atoms with Crippen LogP contribution in [0, 0.1) is 0 Å². The van der Waals surface area contributed by atoms with E-state index in [2.05, 4.69) is 107 Å². The van der Waals surface area contributed by atoms with Gasteiger partial charge in [-0.2, -0.15) is 0 Å². The third-order valence-corrected chi connectivity index (χ3v) is 5.73. The summed E-state index contributed by atoms with van der Waals surface area (Å²) in [7, 11) is 0. The first-order valence-corrected chi connectivity index (χ1v) is 9.20. The summed E-state index contributed by atoms with van der Waals surface area (Å²) < 4.78 is 1.16. The van der Waals surface area contributed by atoms with Gasteiger partial charge in [0.1, 0.15) is 0 Å². The molecule has 0 amide bonds. The predicted molar refractivity (Wildman–Crippen MR) is 112 cm³/mol. The predicted octanol–water partition coefficient (Wildman–Crippen LogP) is 7.58. The fourth-order valence-electron chi connectivity index (χ4n) is 3.73. The molecule has 0 atom stereocenters. The number of fused-ring (bicyclic) bond motifs is 4. The summed E-state index contributed by atoms with van der Waals surface area (Å²) in [6.45, 7) is 0. The van der Waals surface area contributed by atoms with E-state index in [0.717, 1.165) is 4.47 Å². The molecule has 25 heavy (non-hydrogen) atoms. The van der Waals surface area contributed by atoms with Gasteiger partial charge in [0.2, 0.25) is 0 Å². The monoisotopic (exact) mass is 382 g/mol. The van der Waals surface area contributed by atoms with Gasteiger partial charge in [0.05, 0.1) is 0 Å². The Morgan fingerprint density at radius 3 is 1.80 bits per heavy atom. The van der Waals surface area contributed by atoms with Crippen LogP contribution in [0.4, 0.5) is 0 Å². The largest absolute Gasteiger partial charge is 0.0616 e. The molecule has 5 aromatic rings. The Kier molecular flexibility index (Phi) is 3.36. The lowest BCUT2D eigenvalue weighted by Gasteiger charge is -2.14. The van der Waals surface area contributed by atoms with Crippen LogP contribution in [0.15, 0.2) is 95.5 Å². The first-order chi connectivity index (χ1) is 12.3. The van der Waals surface area contributed by atoms with Crippen molar-refractivity contribution in [1.29, 1.82) is 0 Å². The van der Waals surface area contributed by atoms with Crippen molar-refractivity contribution in [3.63, 3.8) is 0 Å². The van der Waals surface area contributed by atoms with Crippen LogP contribution in [0.2, 0.25) is 0 Å². The second kappa shape index (κ2) is 5.72. The Morgan fingerprint density at radius 2 is 1.04 bits per heavy atom. The molecule has 0 heterocycles. The molecule has 0 aliphatic rings. The maximum Gasteiger partial charge on any atom is 0.0338 e. The standard InChI is InChI=1S/C24H15Br/c25-24-22-12-6-4-10-20(22)19-9-3-5-11-21(19)23(24)18-14-13-16-7-1-2-8-17(16)15-18/h1-15H. The average Bonchev–Trinajstić information content (AvgIpc) is 2.68. The van der Waals surface area contributed by atoms with Crippen LogP contribution in [0.1, 0.15) is 0 Å². The molecule has 5 rings (SSSR count). The van der Waals surface area contributed by atoms with Crippen LogP contribution in [-0.4, -0.2) is 0 Å². The average molecular weight is 383 g/mol. The Balaban J connectivity index is 1.94. The lowest BCUT2D eigenvalue weighted by Crippen LogP contribution is -1.87. The van der Waals surface area contributed by atoms with Crippen molar-refractivity contribution in [2.75, 3.05) is 0 Å². The number of rotatable bonds is 1. The molecule has 0 N–H and O–H groups in total. The normalized spacial score (nSPS) is 11.4. The maximum atomic E-state index is 3.90. The molecule has 1 heteroatoms. The molecule has 0 aliphatic carbocycles. The first kappa shape index (κ1) is 14.7. The summed E-state index contributed by atoms with van der Waals surface area (Å²) >= 11 is 3.90. The molecule has 0 saturated heterocycles. The Labute approximate surface area is 154 Å². The van der Waals surface area contributed by atoms with E-state index in [-0.39, 0.29) is 0 Å². The van der Waals surface area contributed by atoms with Crippen molar-refractivity contribution >= 4 is 48.2 Å². The number of hydrogen-bond acceptors (Lipinski definition) is 0. The van der Waals surface area contributed by atoms with Gasteiger partial charge in [-0.15, -0.1) is 0 Å². The lowest BCUT2D eigenvalue weighted by molar-refractivity contribution is 1.67. The minimum atomic E-state index is 1.16.